The van der Waals surface area contributed by atoms with Crippen LogP contribution in [0.1, 0.15) is 47.0 Å². The van der Waals surface area contributed by atoms with Crippen LogP contribution in [0, 0.1) is 0 Å². The molecule has 0 saturated heterocycles. The monoisotopic (exact) mass is 226 g/mol. The molecule has 0 radical (unpaired) electrons. The van der Waals surface area contributed by atoms with E-state index in [2.05, 4.69) is 25.7 Å². The molecule has 0 aromatic rings. The third kappa shape index (κ3) is 5.31. The van der Waals surface area contributed by atoms with Crippen LogP contribution in [0.2, 0.25) is 0 Å². The summed E-state index contributed by atoms with van der Waals surface area (Å²) < 4.78 is 0. The van der Waals surface area contributed by atoms with Crippen LogP contribution in [0.25, 0.3) is 0 Å². The second-order valence-electron chi connectivity index (χ2n) is 4.04. The Bertz CT molecular complexity index is 232. The van der Waals surface area contributed by atoms with Gasteiger partial charge < -0.3 is 14.8 Å². The van der Waals surface area contributed by atoms with Crippen molar-refractivity contribution in [1.29, 1.82) is 0 Å². The van der Waals surface area contributed by atoms with Gasteiger partial charge in [-0.3, -0.25) is 0 Å². The van der Waals surface area contributed by atoms with Crippen molar-refractivity contribution >= 4 is 5.97 Å². The fraction of sp³-hybridized carbons (Fsp3) is 0.769. The summed E-state index contributed by atoms with van der Waals surface area (Å²) in [6.07, 6.45) is 4.71. The van der Waals surface area contributed by atoms with Gasteiger partial charge in [0.25, 0.3) is 0 Å². The molecule has 0 aliphatic carbocycles. The molecule has 1 unspecified atom stereocenters. The van der Waals surface area contributed by atoms with E-state index in [1.165, 1.54) is 0 Å². The van der Waals surface area contributed by atoms with Crippen molar-refractivity contribution in [3.05, 3.63) is 11.6 Å². The molecule has 3 nitrogen and oxygen atoms in total. The van der Waals surface area contributed by atoms with Crippen molar-refractivity contribution in [2.75, 3.05) is 13.1 Å². The SMILES string of the molecule is CCC(CC/C=C(\C)C(=O)[O-])N(CC)CC. The van der Waals surface area contributed by atoms with E-state index in [-0.39, 0.29) is 0 Å². The van der Waals surface area contributed by atoms with Crippen molar-refractivity contribution in [2.45, 2.75) is 53.0 Å². The van der Waals surface area contributed by atoms with Gasteiger partial charge in [0, 0.05) is 6.04 Å². The van der Waals surface area contributed by atoms with Crippen molar-refractivity contribution in [1.82, 2.24) is 4.90 Å². The van der Waals surface area contributed by atoms with Crippen LogP contribution in [0.3, 0.4) is 0 Å². The normalized spacial score (nSPS) is 14.2. The molecule has 0 aromatic carbocycles. The maximum atomic E-state index is 10.5. The first-order valence-electron chi connectivity index (χ1n) is 6.18. The summed E-state index contributed by atoms with van der Waals surface area (Å²) in [5.74, 6) is -1.06. The van der Waals surface area contributed by atoms with E-state index < -0.39 is 5.97 Å². The van der Waals surface area contributed by atoms with Gasteiger partial charge in [-0.15, -0.1) is 0 Å². The number of aliphatic carboxylic acids is 1. The number of carboxylic acid groups (broad SMARTS) is 1. The molecule has 0 N–H and O–H groups in total. The molecule has 0 rings (SSSR count). The Hall–Kier alpha value is -0.830. The van der Waals surface area contributed by atoms with E-state index in [9.17, 15) is 9.90 Å². The van der Waals surface area contributed by atoms with Gasteiger partial charge in [0.2, 0.25) is 0 Å². The Labute approximate surface area is 99.1 Å². The van der Waals surface area contributed by atoms with Gasteiger partial charge in [0.1, 0.15) is 0 Å². The zero-order chi connectivity index (χ0) is 12.6. The average Bonchev–Trinajstić information content (AvgIpc) is 2.27. The third-order valence-electron chi connectivity index (χ3n) is 3.07. The van der Waals surface area contributed by atoms with Crippen LogP contribution in [0.5, 0.6) is 0 Å². The van der Waals surface area contributed by atoms with E-state index in [0.717, 1.165) is 32.4 Å². The number of hydrogen-bond acceptors (Lipinski definition) is 3. The first-order valence-corrected chi connectivity index (χ1v) is 6.18. The van der Waals surface area contributed by atoms with Crippen LogP contribution in [0.15, 0.2) is 11.6 Å². The number of carbonyl (C=O) groups excluding carboxylic acids is 1. The number of nitrogens with zero attached hydrogens (tertiary/aromatic N) is 1. The molecule has 0 amide bonds. The molecular weight excluding hydrogens is 202 g/mol. The Balaban J connectivity index is 4.15. The largest absolute Gasteiger partial charge is 0.545 e. The standard InChI is InChI=1S/C13H25NO2/c1-5-12(14(6-2)7-3)10-8-9-11(4)13(15)16/h9,12H,5-8,10H2,1-4H3,(H,15,16)/p-1/b11-9+. The number of carbonyl (C=O) groups is 1. The number of carboxylic acids is 1. The van der Waals surface area contributed by atoms with E-state index >= 15 is 0 Å². The first-order chi connectivity index (χ1) is 7.56. The fourth-order valence-electron chi connectivity index (χ4n) is 1.96. The second-order valence-corrected chi connectivity index (χ2v) is 4.04. The van der Waals surface area contributed by atoms with Gasteiger partial charge in [0.05, 0.1) is 5.97 Å². The van der Waals surface area contributed by atoms with Crippen molar-refractivity contribution in [3.63, 3.8) is 0 Å². The molecule has 0 fully saturated rings. The molecule has 0 saturated carbocycles. The molecule has 1 atom stereocenters. The van der Waals surface area contributed by atoms with Crippen molar-refractivity contribution in [3.8, 4) is 0 Å². The zero-order valence-electron chi connectivity index (χ0n) is 11.0. The molecule has 0 bridgehead atoms. The maximum absolute atomic E-state index is 10.5. The lowest BCUT2D eigenvalue weighted by Crippen LogP contribution is -2.34. The minimum Gasteiger partial charge on any atom is -0.545 e. The molecule has 0 spiro atoms. The molecule has 0 aliphatic heterocycles. The van der Waals surface area contributed by atoms with Gasteiger partial charge >= 0.3 is 0 Å². The lowest BCUT2D eigenvalue weighted by Gasteiger charge is -2.28. The predicted octanol–water partition coefficient (Wildman–Crippen LogP) is 1.58. The molecule has 0 heterocycles. The van der Waals surface area contributed by atoms with Crippen LogP contribution in [0.4, 0.5) is 0 Å². The fourth-order valence-corrected chi connectivity index (χ4v) is 1.96. The smallest absolute Gasteiger partial charge is 0.0668 e. The number of allylic oxidation sites excluding steroid dienone is 1. The highest BCUT2D eigenvalue weighted by atomic mass is 16.4. The lowest BCUT2D eigenvalue weighted by molar-refractivity contribution is -0.299. The summed E-state index contributed by atoms with van der Waals surface area (Å²) in [7, 11) is 0. The zero-order valence-corrected chi connectivity index (χ0v) is 11.0. The highest BCUT2D eigenvalue weighted by molar-refractivity contribution is 5.83. The first kappa shape index (κ1) is 15.2. The summed E-state index contributed by atoms with van der Waals surface area (Å²) in [4.78, 5) is 12.9. The quantitative estimate of drug-likeness (QED) is 0.590. The van der Waals surface area contributed by atoms with E-state index in [1.54, 1.807) is 13.0 Å². The minimum absolute atomic E-state index is 0.342. The topological polar surface area (TPSA) is 43.4 Å². The van der Waals surface area contributed by atoms with Gasteiger partial charge in [-0.25, -0.2) is 0 Å². The predicted molar refractivity (Wildman–Crippen MR) is 65.0 cm³/mol. The average molecular weight is 226 g/mol. The summed E-state index contributed by atoms with van der Waals surface area (Å²) >= 11 is 0. The number of hydrogen-bond donors (Lipinski definition) is 0. The van der Waals surface area contributed by atoms with Crippen LogP contribution < -0.4 is 5.11 Å². The van der Waals surface area contributed by atoms with Crippen molar-refractivity contribution in [2.24, 2.45) is 0 Å². The molecular formula is C13H24NO2-. The highest BCUT2D eigenvalue weighted by Crippen LogP contribution is 2.11. The summed E-state index contributed by atoms with van der Waals surface area (Å²) in [6.45, 7) is 10.2. The Kier molecular flexibility index (Phi) is 7.90. The number of rotatable bonds is 8. The molecule has 0 aromatic heterocycles. The van der Waals surface area contributed by atoms with Gasteiger partial charge in [0.15, 0.2) is 0 Å². The highest BCUT2D eigenvalue weighted by Gasteiger charge is 2.11. The van der Waals surface area contributed by atoms with Crippen molar-refractivity contribution < 1.29 is 9.90 Å². The minimum atomic E-state index is -1.06. The second kappa shape index (κ2) is 8.34. The van der Waals surface area contributed by atoms with Gasteiger partial charge in [-0.05, 0) is 44.8 Å². The van der Waals surface area contributed by atoms with Crippen LogP contribution >= 0.6 is 0 Å². The Morgan fingerprint density at radius 3 is 2.25 bits per heavy atom. The summed E-state index contributed by atoms with van der Waals surface area (Å²) in [6, 6.07) is 0.556. The summed E-state index contributed by atoms with van der Waals surface area (Å²) in [5, 5.41) is 10.5. The van der Waals surface area contributed by atoms with E-state index in [0.29, 0.717) is 11.6 Å². The van der Waals surface area contributed by atoms with Gasteiger partial charge in [-0.2, -0.15) is 0 Å². The maximum Gasteiger partial charge on any atom is 0.0668 e. The van der Waals surface area contributed by atoms with Crippen LogP contribution in [-0.4, -0.2) is 30.0 Å². The van der Waals surface area contributed by atoms with Gasteiger partial charge in [-0.1, -0.05) is 26.8 Å². The van der Waals surface area contributed by atoms with E-state index in [4.69, 9.17) is 0 Å². The van der Waals surface area contributed by atoms with E-state index in [1.807, 2.05) is 0 Å². The molecule has 3 heteroatoms. The molecule has 0 aliphatic rings. The lowest BCUT2D eigenvalue weighted by atomic mass is 10.1. The summed E-state index contributed by atoms with van der Waals surface area (Å²) in [5.41, 5.74) is 0.342. The Morgan fingerprint density at radius 1 is 1.31 bits per heavy atom. The Morgan fingerprint density at radius 2 is 1.88 bits per heavy atom. The molecule has 16 heavy (non-hydrogen) atoms. The molecule has 94 valence electrons. The third-order valence-corrected chi connectivity index (χ3v) is 3.07. The van der Waals surface area contributed by atoms with Crippen LogP contribution in [-0.2, 0) is 4.79 Å².